The van der Waals surface area contributed by atoms with Crippen LogP contribution in [0.5, 0.6) is 0 Å². The van der Waals surface area contributed by atoms with Gasteiger partial charge in [0, 0.05) is 72.3 Å². The summed E-state index contributed by atoms with van der Waals surface area (Å²) < 4.78 is 55.1. The standard InChI is InChI=1S/2C18H15ClFN5O.C14H9Cl2FN2O2.C8H6ClFO.C6H5ClN2O2.C4H5N3/c2*1-18(11-6-12(19)8-13(20)7-11)24-17(26)15-3-2-14(9-25(15)18)23-16-4-5-21-10-22-16;1-14(7-4-8(15)6-9(17)5-7)18-12(20)11-3-2-10(16)13(21)19(11)14;1-5(11)6-2-7(9)4-8(10)3-6;7-3-1-2-4(5(8)10)9-6(3)11;5-4-1-2-6-3-7-4/h2*2-8,10H,9H2,1H3,(H,24,26)(H,21,22,23);2-6H,1H3,(H,18,20);2-4H,1H3;1-2H,(H2,8,10)(H,9,11);1-3H,(H2,5,6,7). The Morgan fingerprint density at radius 3 is 1.31 bits per heavy atom. The van der Waals surface area contributed by atoms with Crippen molar-refractivity contribution in [2.45, 2.75) is 44.7 Å². The first-order chi connectivity index (χ1) is 48.3. The average Bonchev–Trinajstić information content (AvgIpc) is 1.59. The molecule has 0 aliphatic carbocycles. The van der Waals surface area contributed by atoms with E-state index in [1.807, 2.05) is 35.8 Å². The van der Waals surface area contributed by atoms with Gasteiger partial charge >= 0.3 is 0 Å². The summed E-state index contributed by atoms with van der Waals surface area (Å²) in [4.78, 5) is 110. The Kier molecular flexibility index (Phi) is 23.7. The lowest BCUT2D eigenvalue weighted by atomic mass is 9.99. The molecule has 2 saturated heterocycles. The molecule has 10 N–H and O–H groups in total. The van der Waals surface area contributed by atoms with Crippen molar-refractivity contribution in [3.8, 4) is 0 Å². The number of rotatable bonds is 9. The molecule has 5 aliphatic rings. The smallest absolute Gasteiger partial charge is 0.272 e. The molecular formula is C68H55Cl6F4N17O7. The number of nitrogens with one attached hydrogen (secondary N) is 6. The number of nitrogen functional groups attached to an aromatic ring is 1. The molecule has 5 aromatic heterocycles. The highest BCUT2D eigenvalue weighted by molar-refractivity contribution is 6.32. The third-order valence-corrected chi connectivity index (χ3v) is 16.9. The average molecular weight is 1510 g/mol. The van der Waals surface area contributed by atoms with Gasteiger partial charge in [-0.05, 0) is 167 Å². The van der Waals surface area contributed by atoms with Crippen LogP contribution < -0.4 is 49.2 Å². The number of aromatic nitrogens is 8. The van der Waals surface area contributed by atoms with Gasteiger partial charge in [-0.25, -0.2) is 47.5 Å². The van der Waals surface area contributed by atoms with Crippen LogP contribution >= 0.6 is 69.6 Å². The molecule has 0 bridgehead atoms. The molecule has 102 heavy (non-hydrogen) atoms. The predicted octanol–water partition coefficient (Wildman–Crippen LogP) is 11.2. The fourth-order valence-electron chi connectivity index (χ4n) is 10.6. The van der Waals surface area contributed by atoms with E-state index in [1.54, 1.807) is 68.0 Å². The fourth-order valence-corrected chi connectivity index (χ4v) is 11.7. The zero-order valence-electron chi connectivity index (χ0n) is 53.5. The van der Waals surface area contributed by atoms with E-state index >= 15 is 0 Å². The number of halogens is 10. The number of hydrogen-bond acceptors (Lipinski definition) is 18. The first kappa shape index (κ1) is 75.2. The summed E-state index contributed by atoms with van der Waals surface area (Å²) in [5.74, 6) is -1.88. The minimum absolute atomic E-state index is 0.0241. The normalized spacial score (nSPS) is 17.9. The van der Waals surface area contributed by atoms with E-state index in [0.717, 1.165) is 29.6 Å². The second-order valence-electron chi connectivity index (χ2n) is 22.6. The van der Waals surface area contributed by atoms with E-state index in [1.165, 1.54) is 97.2 Å². The van der Waals surface area contributed by atoms with E-state index in [-0.39, 0.29) is 59.1 Å². The third-order valence-electron chi connectivity index (χ3n) is 15.5. The van der Waals surface area contributed by atoms with Crippen LogP contribution in [-0.2, 0) is 26.6 Å². The number of ketones is 1. The van der Waals surface area contributed by atoms with Gasteiger partial charge in [0.25, 0.3) is 34.7 Å². The first-order valence-corrected chi connectivity index (χ1v) is 32.0. The monoisotopic (exact) mass is 1510 g/mol. The quantitative estimate of drug-likeness (QED) is 0.0492. The van der Waals surface area contributed by atoms with Crippen molar-refractivity contribution in [3.63, 3.8) is 0 Å². The molecule has 14 rings (SSSR count). The zero-order chi connectivity index (χ0) is 74.0. The summed E-state index contributed by atoms with van der Waals surface area (Å²) in [5, 5.41) is 15.9. The summed E-state index contributed by atoms with van der Waals surface area (Å²) in [7, 11) is 0. The molecule has 2 fully saturated rings. The van der Waals surface area contributed by atoms with E-state index < -0.39 is 63.2 Å². The largest absolute Gasteiger partial charge is 0.384 e. The number of carbonyl (C=O) groups excluding carboxylic acids is 5. The minimum atomic E-state index is -1.25. The highest BCUT2D eigenvalue weighted by Crippen LogP contribution is 2.40. The Morgan fingerprint density at radius 1 is 0.510 bits per heavy atom. The number of Topliss-reactive ketones (excluding diaryl/α,β-unsaturated/α-hetero) is 1. The number of aromatic amines is 1. The molecule has 10 heterocycles. The van der Waals surface area contributed by atoms with Gasteiger partial charge in [0.15, 0.2) is 5.78 Å². The van der Waals surface area contributed by atoms with Crippen molar-refractivity contribution in [2.75, 3.05) is 29.5 Å². The summed E-state index contributed by atoms with van der Waals surface area (Å²) in [6.45, 7) is 7.43. The van der Waals surface area contributed by atoms with Crippen molar-refractivity contribution in [3.05, 3.63) is 308 Å². The van der Waals surface area contributed by atoms with Crippen molar-refractivity contribution in [1.29, 1.82) is 0 Å². The maximum atomic E-state index is 13.9. The van der Waals surface area contributed by atoms with Crippen LogP contribution in [0.15, 0.2) is 210 Å². The Hall–Kier alpha value is -11.0. The summed E-state index contributed by atoms with van der Waals surface area (Å²) in [6.07, 6.45) is 16.3. The Balaban J connectivity index is 0.000000150. The van der Waals surface area contributed by atoms with Gasteiger partial charge in [0.2, 0.25) is 0 Å². The SMILES string of the molecule is CC(=O)c1cc(F)cc(Cl)c1.CC1(c2cc(F)cc(Cl)c2)NC(=O)C2=CC=C(Nc3ccncn3)CN21.CC1(c2cc(F)cc(Cl)c2)NC(=O)C2=CC=C(Nc3ccncn3)CN21.CC1(c2cc(F)cc(Cl)c2)NC(=O)c2ccc(Cl)c(=O)n21.NC(=O)c1ccc(Cl)c(=O)[nH]1.Nc1ccncn1. The lowest BCUT2D eigenvalue weighted by Gasteiger charge is -2.38. The Labute approximate surface area is 607 Å². The maximum Gasteiger partial charge on any atom is 0.272 e. The number of fused-ring (bicyclic) bond motifs is 3. The van der Waals surface area contributed by atoms with Crippen molar-refractivity contribution in [2.24, 2.45) is 5.73 Å². The number of amides is 4. The number of pyridine rings is 2. The van der Waals surface area contributed by atoms with Crippen LogP contribution in [0.2, 0.25) is 30.1 Å². The number of H-pyrrole nitrogens is 1. The summed E-state index contributed by atoms with van der Waals surface area (Å²) in [6, 6.07) is 26.8. The topological polar surface area (TPSA) is 336 Å². The molecule has 4 amide bonds. The van der Waals surface area contributed by atoms with E-state index in [9.17, 15) is 51.1 Å². The van der Waals surface area contributed by atoms with Gasteiger partial charge in [-0.1, -0.05) is 69.6 Å². The lowest BCUT2D eigenvalue weighted by Crippen LogP contribution is -2.47. The minimum Gasteiger partial charge on any atom is -0.384 e. The molecule has 5 aliphatic heterocycles. The van der Waals surface area contributed by atoms with Gasteiger partial charge in [-0.3, -0.25) is 38.1 Å². The van der Waals surface area contributed by atoms with Crippen LogP contribution in [-0.4, -0.2) is 91.8 Å². The van der Waals surface area contributed by atoms with Gasteiger partial charge in [-0.2, -0.15) is 0 Å². The van der Waals surface area contributed by atoms with Gasteiger partial charge in [0.05, 0.1) is 13.1 Å². The molecule has 0 spiro atoms. The Bertz CT molecular complexity index is 4770. The number of hydrogen-bond donors (Lipinski definition) is 8. The van der Waals surface area contributed by atoms with Gasteiger partial charge in [-0.15, -0.1) is 0 Å². The second-order valence-corrected chi connectivity index (χ2v) is 25.2. The van der Waals surface area contributed by atoms with Gasteiger partial charge in [0.1, 0.15) is 110 Å². The highest BCUT2D eigenvalue weighted by Gasteiger charge is 2.48. The molecule has 0 saturated carbocycles. The number of allylic oxidation sites excluding steroid dienone is 4. The van der Waals surface area contributed by atoms with Gasteiger partial charge < -0.3 is 52.8 Å². The van der Waals surface area contributed by atoms with E-state index in [4.69, 9.17) is 81.1 Å². The van der Waals surface area contributed by atoms with Crippen molar-refractivity contribution >= 4 is 116 Å². The zero-order valence-corrected chi connectivity index (χ0v) is 58.0. The Morgan fingerprint density at radius 2 is 0.931 bits per heavy atom. The molecule has 3 atom stereocenters. The van der Waals surface area contributed by atoms with Crippen LogP contribution in [0.4, 0.5) is 35.0 Å². The summed E-state index contributed by atoms with van der Waals surface area (Å²) in [5.41, 5.74) is 10.7. The second kappa shape index (κ2) is 32.1. The van der Waals surface area contributed by atoms with Crippen LogP contribution in [0.3, 0.4) is 0 Å². The summed E-state index contributed by atoms with van der Waals surface area (Å²) >= 11 is 34.6. The van der Waals surface area contributed by atoms with E-state index in [2.05, 4.69) is 61.5 Å². The number of carbonyl (C=O) groups is 5. The van der Waals surface area contributed by atoms with Crippen LogP contribution in [0.1, 0.15) is 75.7 Å². The number of primary amides is 1. The third kappa shape index (κ3) is 17.9. The molecular weight excluding hydrogens is 1460 g/mol. The molecule has 524 valence electrons. The van der Waals surface area contributed by atoms with Crippen LogP contribution in [0.25, 0.3) is 0 Å². The number of nitrogens with two attached hydrogens (primary N) is 2. The first-order valence-electron chi connectivity index (χ1n) is 29.7. The number of anilines is 3. The van der Waals surface area contributed by atoms with Crippen molar-refractivity contribution in [1.82, 2.24) is 65.2 Å². The predicted molar refractivity (Wildman–Crippen MR) is 377 cm³/mol. The molecule has 0 radical (unpaired) electrons. The molecule has 3 unspecified atom stereocenters. The fraction of sp³-hybridized carbons (Fsp3) is 0.132. The van der Waals surface area contributed by atoms with E-state index in [0.29, 0.717) is 64.2 Å². The van der Waals surface area contributed by atoms with Crippen molar-refractivity contribution < 1.29 is 41.5 Å². The highest BCUT2D eigenvalue weighted by atomic mass is 35.5. The maximum absolute atomic E-state index is 13.9. The number of nitrogens with zero attached hydrogens (tertiary/aromatic N) is 9. The molecule has 9 aromatic rings. The molecule has 4 aromatic carbocycles. The molecule has 24 nitrogen and oxygen atoms in total. The van der Waals surface area contributed by atoms with Crippen LogP contribution in [0, 0.1) is 23.3 Å². The molecule has 34 heteroatoms. The lowest BCUT2D eigenvalue weighted by molar-refractivity contribution is -0.118. The number of benzene rings is 4.